The molecule has 0 N–H and O–H groups in total. The predicted octanol–water partition coefficient (Wildman–Crippen LogP) is 3.51. The van der Waals surface area contributed by atoms with Gasteiger partial charge in [0.05, 0.1) is 13.5 Å². The molecular weight excluding hydrogens is 274 g/mol. The van der Waals surface area contributed by atoms with Crippen LogP contribution in [-0.4, -0.2) is 25.0 Å². The van der Waals surface area contributed by atoms with Crippen molar-refractivity contribution in [3.8, 4) is 5.75 Å². The third-order valence-corrected chi connectivity index (χ3v) is 3.78. The molecule has 0 saturated heterocycles. The highest BCUT2D eigenvalue weighted by Gasteiger charge is 2.11. The Labute approximate surface area is 132 Å². The van der Waals surface area contributed by atoms with Gasteiger partial charge in [0.2, 0.25) is 5.91 Å². The van der Waals surface area contributed by atoms with E-state index in [9.17, 15) is 4.79 Å². The van der Waals surface area contributed by atoms with E-state index in [-0.39, 0.29) is 5.91 Å². The smallest absolute Gasteiger partial charge is 0.227 e. The van der Waals surface area contributed by atoms with Crippen molar-refractivity contribution in [2.45, 2.75) is 26.8 Å². The van der Waals surface area contributed by atoms with Crippen LogP contribution < -0.4 is 4.74 Å². The summed E-state index contributed by atoms with van der Waals surface area (Å²) in [6, 6.07) is 14.1. The minimum Gasteiger partial charge on any atom is -0.496 e. The van der Waals surface area contributed by atoms with Gasteiger partial charge in [-0.1, -0.05) is 42.0 Å². The summed E-state index contributed by atoms with van der Waals surface area (Å²) in [5, 5.41) is 0. The van der Waals surface area contributed by atoms with Gasteiger partial charge >= 0.3 is 0 Å². The summed E-state index contributed by atoms with van der Waals surface area (Å²) in [6.45, 7) is 4.68. The Morgan fingerprint density at radius 1 is 1.05 bits per heavy atom. The Bertz CT molecular complexity index is 647. The fourth-order valence-electron chi connectivity index (χ4n) is 2.42. The van der Waals surface area contributed by atoms with Gasteiger partial charge in [0.15, 0.2) is 0 Å². The highest BCUT2D eigenvalue weighted by atomic mass is 16.5. The quantitative estimate of drug-likeness (QED) is 0.845. The molecule has 0 aliphatic carbocycles. The van der Waals surface area contributed by atoms with E-state index < -0.39 is 0 Å². The zero-order chi connectivity index (χ0) is 16.1. The maximum atomic E-state index is 12.3. The molecule has 3 nitrogen and oxygen atoms in total. The molecule has 0 radical (unpaired) electrons. The molecule has 0 fully saturated rings. The molecule has 2 rings (SSSR count). The number of amides is 1. The first-order valence-corrected chi connectivity index (χ1v) is 7.42. The molecule has 0 unspecified atom stereocenters. The molecule has 0 aliphatic heterocycles. The SMILES string of the molecule is COc1ccc(CC(=O)N(C)Cc2ccc(C)cc2)cc1C. The summed E-state index contributed by atoms with van der Waals surface area (Å²) in [5.74, 6) is 0.967. The van der Waals surface area contributed by atoms with Crippen molar-refractivity contribution < 1.29 is 9.53 Å². The number of hydrogen-bond donors (Lipinski definition) is 0. The van der Waals surface area contributed by atoms with Gasteiger partial charge < -0.3 is 9.64 Å². The van der Waals surface area contributed by atoms with Crippen molar-refractivity contribution in [1.29, 1.82) is 0 Å². The summed E-state index contributed by atoms with van der Waals surface area (Å²) in [5.41, 5.74) is 4.44. The molecule has 1 amide bonds. The number of aryl methyl sites for hydroxylation is 2. The van der Waals surface area contributed by atoms with E-state index in [1.165, 1.54) is 5.56 Å². The fraction of sp³-hybridized carbons (Fsp3) is 0.316. The number of rotatable bonds is 5. The summed E-state index contributed by atoms with van der Waals surface area (Å²) in [7, 11) is 3.50. The zero-order valence-electron chi connectivity index (χ0n) is 13.7. The molecule has 0 atom stereocenters. The molecule has 3 heteroatoms. The fourth-order valence-corrected chi connectivity index (χ4v) is 2.42. The monoisotopic (exact) mass is 297 g/mol. The Kier molecular flexibility index (Phi) is 5.21. The van der Waals surface area contributed by atoms with Crippen LogP contribution in [-0.2, 0) is 17.8 Å². The van der Waals surface area contributed by atoms with Crippen molar-refractivity contribution in [1.82, 2.24) is 4.90 Å². The molecule has 2 aromatic carbocycles. The highest BCUT2D eigenvalue weighted by molar-refractivity contribution is 5.78. The second-order valence-electron chi connectivity index (χ2n) is 5.72. The normalized spacial score (nSPS) is 10.4. The van der Waals surface area contributed by atoms with Crippen molar-refractivity contribution in [3.63, 3.8) is 0 Å². The topological polar surface area (TPSA) is 29.5 Å². The van der Waals surface area contributed by atoms with E-state index >= 15 is 0 Å². The van der Waals surface area contributed by atoms with E-state index in [1.54, 1.807) is 12.0 Å². The second-order valence-corrected chi connectivity index (χ2v) is 5.72. The van der Waals surface area contributed by atoms with Crippen molar-refractivity contribution >= 4 is 5.91 Å². The molecular formula is C19H23NO2. The van der Waals surface area contributed by atoms with Gasteiger partial charge in [-0.05, 0) is 36.6 Å². The first-order valence-electron chi connectivity index (χ1n) is 7.42. The second kappa shape index (κ2) is 7.12. The Balaban J connectivity index is 1.99. The van der Waals surface area contributed by atoms with Gasteiger partial charge in [0, 0.05) is 13.6 Å². The number of hydrogen-bond acceptors (Lipinski definition) is 2. The third kappa shape index (κ3) is 4.10. The molecule has 0 bridgehead atoms. The summed E-state index contributed by atoms with van der Waals surface area (Å²) in [6.07, 6.45) is 0.410. The maximum absolute atomic E-state index is 12.3. The molecule has 2 aromatic rings. The minimum absolute atomic E-state index is 0.116. The van der Waals surface area contributed by atoms with Crippen LogP contribution in [0.5, 0.6) is 5.75 Å². The summed E-state index contributed by atoms with van der Waals surface area (Å²) in [4.78, 5) is 14.1. The molecule has 0 heterocycles. The van der Waals surface area contributed by atoms with Crippen LogP contribution >= 0.6 is 0 Å². The van der Waals surface area contributed by atoms with Crippen molar-refractivity contribution in [2.24, 2.45) is 0 Å². The Morgan fingerprint density at radius 2 is 1.68 bits per heavy atom. The molecule has 0 saturated carbocycles. The van der Waals surface area contributed by atoms with E-state index in [0.717, 1.165) is 22.4 Å². The average Bonchev–Trinajstić information content (AvgIpc) is 2.49. The predicted molar refractivity (Wildman–Crippen MR) is 89.1 cm³/mol. The van der Waals surface area contributed by atoms with Crippen LogP contribution in [0.4, 0.5) is 0 Å². The molecule has 116 valence electrons. The lowest BCUT2D eigenvalue weighted by Crippen LogP contribution is -2.27. The van der Waals surface area contributed by atoms with Gasteiger partial charge in [-0.2, -0.15) is 0 Å². The molecule has 0 spiro atoms. The summed E-state index contributed by atoms with van der Waals surface area (Å²) < 4.78 is 5.25. The van der Waals surface area contributed by atoms with Crippen LogP contribution in [0.1, 0.15) is 22.3 Å². The lowest BCUT2D eigenvalue weighted by Gasteiger charge is -2.18. The zero-order valence-corrected chi connectivity index (χ0v) is 13.7. The van der Waals surface area contributed by atoms with Crippen LogP contribution in [0.3, 0.4) is 0 Å². The van der Waals surface area contributed by atoms with E-state index in [1.807, 2.05) is 32.2 Å². The van der Waals surface area contributed by atoms with E-state index in [4.69, 9.17) is 4.74 Å². The summed E-state index contributed by atoms with van der Waals surface area (Å²) >= 11 is 0. The lowest BCUT2D eigenvalue weighted by molar-refractivity contribution is -0.129. The molecule has 0 aromatic heterocycles. The number of ether oxygens (including phenoxy) is 1. The largest absolute Gasteiger partial charge is 0.496 e. The number of benzene rings is 2. The standard InChI is InChI=1S/C19H23NO2/c1-14-5-7-16(8-6-14)13-20(3)19(21)12-17-9-10-18(22-4)15(2)11-17/h5-11H,12-13H2,1-4H3. The Hall–Kier alpha value is -2.29. The van der Waals surface area contributed by atoms with Gasteiger partial charge in [-0.15, -0.1) is 0 Å². The van der Waals surface area contributed by atoms with Crippen molar-refractivity contribution in [3.05, 3.63) is 64.7 Å². The first kappa shape index (κ1) is 16.1. The number of carbonyl (C=O) groups is 1. The average molecular weight is 297 g/mol. The third-order valence-electron chi connectivity index (χ3n) is 3.78. The number of carbonyl (C=O) groups excluding carboxylic acids is 1. The van der Waals surface area contributed by atoms with Crippen molar-refractivity contribution in [2.75, 3.05) is 14.2 Å². The maximum Gasteiger partial charge on any atom is 0.227 e. The minimum atomic E-state index is 0.116. The number of likely N-dealkylation sites (N-methyl/N-ethyl adjacent to an activating group) is 1. The molecule has 22 heavy (non-hydrogen) atoms. The van der Waals surface area contributed by atoms with Gasteiger partial charge in [-0.25, -0.2) is 0 Å². The van der Waals surface area contributed by atoms with Crippen LogP contribution in [0.15, 0.2) is 42.5 Å². The van der Waals surface area contributed by atoms with Crippen LogP contribution in [0, 0.1) is 13.8 Å². The molecule has 0 aliphatic rings. The Morgan fingerprint density at radius 3 is 2.27 bits per heavy atom. The van der Waals surface area contributed by atoms with Gasteiger partial charge in [0.1, 0.15) is 5.75 Å². The lowest BCUT2D eigenvalue weighted by atomic mass is 10.1. The van der Waals surface area contributed by atoms with Gasteiger partial charge in [0.25, 0.3) is 0 Å². The van der Waals surface area contributed by atoms with Crippen LogP contribution in [0.25, 0.3) is 0 Å². The van der Waals surface area contributed by atoms with E-state index in [0.29, 0.717) is 13.0 Å². The number of nitrogens with zero attached hydrogens (tertiary/aromatic N) is 1. The first-order chi connectivity index (χ1) is 10.5. The highest BCUT2D eigenvalue weighted by Crippen LogP contribution is 2.19. The van der Waals surface area contributed by atoms with E-state index in [2.05, 4.69) is 31.2 Å². The number of methoxy groups -OCH3 is 1. The van der Waals surface area contributed by atoms with Crippen LogP contribution in [0.2, 0.25) is 0 Å². The van der Waals surface area contributed by atoms with Gasteiger partial charge in [-0.3, -0.25) is 4.79 Å².